The highest BCUT2D eigenvalue weighted by molar-refractivity contribution is 9.10. The monoisotopic (exact) mass is 348 g/mol. The van der Waals surface area contributed by atoms with Crippen molar-refractivity contribution in [3.63, 3.8) is 0 Å². The number of halogens is 1. The second kappa shape index (κ2) is 5.17. The topological polar surface area (TPSA) is 85.1 Å². The maximum atomic E-state index is 12.3. The molecule has 0 saturated heterocycles. The van der Waals surface area contributed by atoms with Crippen LogP contribution in [0.2, 0.25) is 0 Å². The van der Waals surface area contributed by atoms with Gasteiger partial charge in [0.1, 0.15) is 11.8 Å². The van der Waals surface area contributed by atoms with Gasteiger partial charge >= 0.3 is 5.69 Å². The zero-order valence-electron chi connectivity index (χ0n) is 10.6. The predicted molar refractivity (Wildman–Crippen MR) is 79.6 cm³/mol. The molecule has 6 nitrogen and oxygen atoms in total. The molecule has 0 aliphatic heterocycles. The molecule has 106 valence electrons. The molecule has 1 aromatic carbocycles. The number of hydrogen-bond donors (Lipinski definition) is 1. The number of furan rings is 1. The van der Waals surface area contributed by atoms with E-state index < -0.39 is 11.2 Å². The standard InChI is InChI=1S/C14H9BrN2O4/c15-10-5-17(14(20)16-13(10)19)6-11(18)9-7-21-12-4-2-1-3-8(9)12/h1-5,7H,6H2,(H,16,19,20). The Balaban J connectivity index is 1.99. The molecule has 3 aromatic rings. The Hall–Kier alpha value is -2.41. The third kappa shape index (κ3) is 2.47. The lowest BCUT2D eigenvalue weighted by atomic mass is 10.1. The number of aromatic nitrogens is 2. The van der Waals surface area contributed by atoms with Crippen LogP contribution in [0.3, 0.4) is 0 Å². The van der Waals surface area contributed by atoms with Gasteiger partial charge < -0.3 is 4.42 Å². The summed E-state index contributed by atoms with van der Waals surface area (Å²) in [6, 6.07) is 7.15. The van der Waals surface area contributed by atoms with Crippen LogP contribution in [0.15, 0.2) is 55.2 Å². The van der Waals surface area contributed by atoms with Gasteiger partial charge in [-0.1, -0.05) is 18.2 Å². The minimum atomic E-state index is -0.635. The number of ketones is 1. The number of aromatic amines is 1. The van der Waals surface area contributed by atoms with Gasteiger partial charge in [-0.25, -0.2) is 4.79 Å². The molecule has 0 saturated carbocycles. The van der Waals surface area contributed by atoms with Crippen molar-refractivity contribution in [2.24, 2.45) is 0 Å². The van der Waals surface area contributed by atoms with Crippen LogP contribution in [-0.4, -0.2) is 15.3 Å². The Morgan fingerprint density at radius 2 is 2.05 bits per heavy atom. The van der Waals surface area contributed by atoms with Crippen molar-refractivity contribution in [1.29, 1.82) is 0 Å². The second-order valence-corrected chi connectivity index (χ2v) is 5.29. The van der Waals surface area contributed by atoms with Gasteiger partial charge in [0, 0.05) is 11.6 Å². The molecule has 0 amide bonds. The zero-order chi connectivity index (χ0) is 15.0. The lowest BCUT2D eigenvalue weighted by Crippen LogP contribution is -2.31. The number of H-pyrrole nitrogens is 1. The number of carbonyl (C=O) groups is 1. The summed E-state index contributed by atoms with van der Waals surface area (Å²) in [6.07, 6.45) is 2.67. The summed E-state index contributed by atoms with van der Waals surface area (Å²) in [6.45, 7) is -0.183. The first-order valence-corrected chi connectivity index (χ1v) is 6.84. The number of benzene rings is 1. The van der Waals surface area contributed by atoms with Gasteiger partial charge in [0.2, 0.25) is 0 Å². The van der Waals surface area contributed by atoms with Gasteiger partial charge in [-0.05, 0) is 22.0 Å². The van der Waals surface area contributed by atoms with Crippen molar-refractivity contribution in [1.82, 2.24) is 9.55 Å². The molecule has 0 unspecified atom stereocenters. The number of nitrogens with zero attached hydrogens (tertiary/aromatic N) is 1. The normalized spacial score (nSPS) is 10.9. The number of Topliss-reactive ketones (excluding diaryl/α,β-unsaturated/α-hetero) is 1. The first kappa shape index (κ1) is 13.6. The average molecular weight is 349 g/mol. The Morgan fingerprint density at radius 1 is 1.29 bits per heavy atom. The molecular formula is C14H9BrN2O4. The molecule has 0 aliphatic rings. The third-order valence-corrected chi connectivity index (χ3v) is 3.63. The van der Waals surface area contributed by atoms with Gasteiger partial charge in [-0.2, -0.15) is 0 Å². The molecule has 0 atom stereocenters. The summed E-state index contributed by atoms with van der Waals surface area (Å²) >= 11 is 3.03. The summed E-state index contributed by atoms with van der Waals surface area (Å²) < 4.78 is 6.63. The van der Waals surface area contributed by atoms with Crippen molar-refractivity contribution < 1.29 is 9.21 Å². The molecule has 0 bridgehead atoms. The third-order valence-electron chi connectivity index (χ3n) is 3.06. The number of fused-ring (bicyclic) bond motifs is 1. The van der Waals surface area contributed by atoms with Gasteiger partial charge in [-0.3, -0.25) is 19.1 Å². The van der Waals surface area contributed by atoms with E-state index in [1.165, 1.54) is 12.5 Å². The van der Waals surface area contributed by atoms with Crippen LogP contribution in [0.4, 0.5) is 0 Å². The van der Waals surface area contributed by atoms with Crippen molar-refractivity contribution >= 4 is 32.7 Å². The van der Waals surface area contributed by atoms with E-state index in [9.17, 15) is 14.4 Å². The molecule has 21 heavy (non-hydrogen) atoms. The van der Waals surface area contributed by atoms with Crippen LogP contribution in [0, 0.1) is 0 Å². The highest BCUT2D eigenvalue weighted by atomic mass is 79.9. The molecule has 0 spiro atoms. The van der Waals surface area contributed by atoms with Crippen LogP contribution in [0.5, 0.6) is 0 Å². The summed E-state index contributed by atoms with van der Waals surface area (Å²) in [5.74, 6) is -0.277. The van der Waals surface area contributed by atoms with Crippen molar-refractivity contribution in [3.05, 3.63) is 67.6 Å². The molecule has 1 N–H and O–H groups in total. The van der Waals surface area contributed by atoms with Crippen LogP contribution >= 0.6 is 15.9 Å². The highest BCUT2D eigenvalue weighted by Crippen LogP contribution is 2.21. The molecule has 2 heterocycles. The SMILES string of the molecule is O=C(Cn1cc(Br)c(=O)[nH]c1=O)c1coc2ccccc12. The number of carbonyl (C=O) groups excluding carboxylic acids is 1. The molecule has 2 aromatic heterocycles. The van der Waals surface area contributed by atoms with Gasteiger partial charge in [-0.15, -0.1) is 0 Å². The van der Waals surface area contributed by atoms with Crippen LogP contribution in [-0.2, 0) is 6.54 Å². The summed E-state index contributed by atoms with van der Waals surface area (Å²) in [5, 5.41) is 0.694. The van der Waals surface area contributed by atoms with Crippen LogP contribution < -0.4 is 11.2 Å². The molecule has 7 heteroatoms. The maximum absolute atomic E-state index is 12.3. The van der Waals surface area contributed by atoms with Crippen molar-refractivity contribution in [2.45, 2.75) is 6.54 Å². The Labute approximate surface area is 126 Å². The Bertz CT molecular complexity index is 951. The van der Waals surface area contributed by atoms with Gasteiger partial charge in [0.05, 0.1) is 16.6 Å². The molecule has 0 aliphatic carbocycles. The van der Waals surface area contributed by atoms with Crippen molar-refractivity contribution in [3.8, 4) is 0 Å². The minimum Gasteiger partial charge on any atom is -0.464 e. The van der Waals surface area contributed by atoms with E-state index in [1.54, 1.807) is 18.2 Å². The van der Waals surface area contributed by atoms with E-state index in [-0.39, 0.29) is 16.8 Å². The summed E-state index contributed by atoms with van der Waals surface area (Å²) in [7, 11) is 0. The summed E-state index contributed by atoms with van der Waals surface area (Å²) in [5.41, 5.74) is -0.155. The van der Waals surface area contributed by atoms with Crippen LogP contribution in [0.25, 0.3) is 11.0 Å². The largest absolute Gasteiger partial charge is 0.464 e. The summed E-state index contributed by atoms with van der Waals surface area (Å²) in [4.78, 5) is 37.4. The van der Waals surface area contributed by atoms with Gasteiger partial charge in [0.15, 0.2) is 5.78 Å². The molecule has 3 rings (SSSR count). The highest BCUT2D eigenvalue weighted by Gasteiger charge is 2.15. The number of rotatable bonds is 3. The fourth-order valence-electron chi connectivity index (χ4n) is 2.03. The Kier molecular flexibility index (Phi) is 3.34. The van der Waals surface area contributed by atoms with Gasteiger partial charge in [0.25, 0.3) is 5.56 Å². The number of para-hydroxylation sites is 1. The van der Waals surface area contributed by atoms with Crippen molar-refractivity contribution in [2.75, 3.05) is 0 Å². The quantitative estimate of drug-likeness (QED) is 0.733. The van der Waals surface area contributed by atoms with E-state index in [0.29, 0.717) is 16.5 Å². The fraction of sp³-hybridized carbons (Fsp3) is 0.0714. The van der Waals surface area contributed by atoms with E-state index in [2.05, 4.69) is 20.9 Å². The molecular weight excluding hydrogens is 340 g/mol. The second-order valence-electron chi connectivity index (χ2n) is 4.43. The smallest absolute Gasteiger partial charge is 0.328 e. The average Bonchev–Trinajstić information content (AvgIpc) is 2.88. The molecule has 0 radical (unpaired) electrons. The lowest BCUT2D eigenvalue weighted by Gasteiger charge is -2.03. The fourth-order valence-corrected chi connectivity index (χ4v) is 2.38. The van der Waals surface area contributed by atoms with E-state index >= 15 is 0 Å². The van der Waals surface area contributed by atoms with E-state index in [4.69, 9.17) is 4.42 Å². The first-order chi connectivity index (χ1) is 10.1. The minimum absolute atomic E-state index is 0.183. The number of nitrogens with one attached hydrogen (secondary N) is 1. The Morgan fingerprint density at radius 3 is 2.86 bits per heavy atom. The molecule has 0 fully saturated rings. The van der Waals surface area contributed by atoms with E-state index in [1.807, 2.05) is 6.07 Å². The van der Waals surface area contributed by atoms with E-state index in [0.717, 1.165) is 4.57 Å². The maximum Gasteiger partial charge on any atom is 0.328 e. The zero-order valence-corrected chi connectivity index (χ0v) is 12.2. The van der Waals surface area contributed by atoms with Crippen LogP contribution in [0.1, 0.15) is 10.4 Å². The lowest BCUT2D eigenvalue weighted by molar-refractivity contribution is 0.0971. The predicted octanol–water partition coefficient (Wildman–Crippen LogP) is 1.93. The number of hydrogen-bond acceptors (Lipinski definition) is 4. The first-order valence-electron chi connectivity index (χ1n) is 6.05.